The van der Waals surface area contributed by atoms with E-state index in [4.69, 9.17) is 23.2 Å². The zero-order chi connectivity index (χ0) is 14.1. The first-order valence-electron chi connectivity index (χ1n) is 4.74. The molecule has 108 valence electrons. The van der Waals surface area contributed by atoms with E-state index in [1.54, 1.807) is 0 Å². The normalized spacial score (nSPS) is 18.2. The van der Waals surface area contributed by atoms with Gasteiger partial charge in [-0.25, -0.2) is 0 Å². The van der Waals surface area contributed by atoms with Gasteiger partial charge in [-0.1, -0.05) is 23.2 Å². The summed E-state index contributed by atoms with van der Waals surface area (Å²) in [5.74, 6) is 0. The van der Waals surface area contributed by atoms with Crippen LogP contribution in [0.4, 0.5) is 0 Å². The average Bonchev–Trinajstić information content (AvgIpc) is 1.97. The van der Waals surface area contributed by atoms with E-state index in [2.05, 4.69) is 9.05 Å². The van der Waals surface area contributed by atoms with Crippen molar-refractivity contribution >= 4 is 97.5 Å². The number of hydrogen-bond acceptors (Lipinski definition) is 4. The second-order valence-corrected chi connectivity index (χ2v) is 10.4. The van der Waals surface area contributed by atoms with Crippen LogP contribution in [0.25, 0.3) is 0 Å². The molecule has 0 rings (SSSR count). The van der Waals surface area contributed by atoms with E-state index in [9.17, 15) is 18.9 Å². The van der Waals surface area contributed by atoms with Crippen molar-refractivity contribution in [3.63, 3.8) is 0 Å². The van der Waals surface area contributed by atoms with Gasteiger partial charge in [-0.2, -0.15) is 0 Å². The standard InChI is InChI=1S/C7H16Cl2O6P2.2Na.2H/c1-5(2)14-16(10,11)7(8,9)17(12,13)15-6(3)4;;;;/h5-6H,1-4H3,(H,10,11)(H,12,13);;;;. The summed E-state index contributed by atoms with van der Waals surface area (Å²) in [7, 11) is -9.47. The second kappa shape index (κ2) is 9.89. The predicted molar refractivity (Wildman–Crippen MR) is 80.8 cm³/mol. The molecule has 0 aliphatic heterocycles. The third-order valence-electron chi connectivity index (χ3n) is 1.39. The molecule has 0 aromatic heterocycles. The molecule has 0 spiro atoms. The molecular weight excluding hydrogens is 359 g/mol. The zero-order valence-corrected chi connectivity index (χ0v) is 13.1. The number of halogens is 2. The molecule has 0 bridgehead atoms. The summed E-state index contributed by atoms with van der Waals surface area (Å²) in [6.45, 7) is 5.83. The van der Waals surface area contributed by atoms with Gasteiger partial charge in [0.15, 0.2) is 0 Å². The Kier molecular flexibility index (Phi) is 13.9. The maximum absolute atomic E-state index is 11.7. The Labute approximate surface area is 167 Å². The van der Waals surface area contributed by atoms with E-state index >= 15 is 0 Å². The van der Waals surface area contributed by atoms with Crippen LogP contribution in [0.2, 0.25) is 0 Å². The van der Waals surface area contributed by atoms with Crippen LogP contribution in [0, 0.1) is 0 Å². The molecule has 0 saturated heterocycles. The second-order valence-electron chi connectivity index (χ2n) is 3.86. The minimum atomic E-state index is -4.74. The van der Waals surface area contributed by atoms with Gasteiger partial charge >= 0.3 is 78.1 Å². The summed E-state index contributed by atoms with van der Waals surface area (Å²) in [4.78, 5) is 19.0. The van der Waals surface area contributed by atoms with Crippen LogP contribution < -0.4 is 0 Å². The fraction of sp³-hybridized carbons (Fsp3) is 1.00. The molecule has 2 N–H and O–H groups in total. The number of rotatable bonds is 6. The van der Waals surface area contributed by atoms with Crippen LogP contribution in [0.1, 0.15) is 27.7 Å². The Morgan fingerprint density at radius 3 is 1.26 bits per heavy atom. The maximum atomic E-state index is 11.7. The van der Waals surface area contributed by atoms with Gasteiger partial charge in [0.25, 0.3) is 0 Å². The molecule has 0 aliphatic rings. The molecule has 2 atom stereocenters. The molecule has 0 saturated carbocycles. The van der Waals surface area contributed by atoms with Crippen molar-refractivity contribution in [3.05, 3.63) is 0 Å². The Balaban J connectivity index is -0.00000128. The third-order valence-corrected chi connectivity index (χ3v) is 8.24. The molecule has 6 nitrogen and oxygen atoms in total. The van der Waals surface area contributed by atoms with Crippen LogP contribution in [0.15, 0.2) is 0 Å². The zero-order valence-electron chi connectivity index (χ0n) is 9.83. The molecule has 12 heteroatoms. The van der Waals surface area contributed by atoms with E-state index in [0.29, 0.717) is 0 Å². The van der Waals surface area contributed by atoms with Crippen LogP contribution in [-0.2, 0) is 18.2 Å². The molecule has 19 heavy (non-hydrogen) atoms. The van der Waals surface area contributed by atoms with Crippen molar-refractivity contribution in [2.24, 2.45) is 0 Å². The number of alkyl halides is 2. The molecule has 0 aromatic rings. The number of hydrogen-bond donors (Lipinski definition) is 2. The fourth-order valence-electron chi connectivity index (χ4n) is 0.858. The van der Waals surface area contributed by atoms with E-state index in [1.165, 1.54) is 27.7 Å². The first kappa shape index (κ1) is 26.8. The average molecular weight is 377 g/mol. The van der Waals surface area contributed by atoms with Gasteiger partial charge in [0.1, 0.15) is 0 Å². The van der Waals surface area contributed by atoms with Gasteiger partial charge in [-0.05, 0) is 27.7 Å². The summed E-state index contributed by atoms with van der Waals surface area (Å²) in [5, 5.41) is 0. The molecule has 0 radical (unpaired) electrons. The first-order valence-corrected chi connectivity index (χ1v) is 8.65. The van der Waals surface area contributed by atoms with Crippen LogP contribution in [0.3, 0.4) is 0 Å². The Bertz CT molecular complexity index is 333. The van der Waals surface area contributed by atoms with Gasteiger partial charge < -0.3 is 18.8 Å². The third kappa shape index (κ3) is 7.81. The summed E-state index contributed by atoms with van der Waals surface area (Å²) in [6.07, 6.45) is -1.39. The Morgan fingerprint density at radius 1 is 0.895 bits per heavy atom. The predicted octanol–water partition coefficient (Wildman–Crippen LogP) is 2.00. The molecule has 0 heterocycles. The quantitative estimate of drug-likeness (QED) is 0.418. The summed E-state index contributed by atoms with van der Waals surface area (Å²) in [6, 6.07) is 0. The van der Waals surface area contributed by atoms with Crippen LogP contribution in [0.5, 0.6) is 0 Å². The molecule has 2 unspecified atom stereocenters. The van der Waals surface area contributed by atoms with E-state index < -0.39 is 31.2 Å². The first-order chi connectivity index (χ1) is 7.33. The van der Waals surface area contributed by atoms with Gasteiger partial charge in [-0.3, -0.25) is 9.13 Å². The van der Waals surface area contributed by atoms with Gasteiger partial charge in [0, 0.05) is 0 Å². The van der Waals surface area contributed by atoms with Crippen LogP contribution in [-0.4, -0.2) is 84.9 Å². The van der Waals surface area contributed by atoms with Crippen LogP contribution >= 0.6 is 38.4 Å². The van der Waals surface area contributed by atoms with Crippen molar-refractivity contribution in [1.82, 2.24) is 0 Å². The molecule has 0 aliphatic carbocycles. The van der Waals surface area contributed by atoms with E-state index in [-0.39, 0.29) is 59.1 Å². The molecule has 0 aromatic carbocycles. The monoisotopic (exact) mass is 376 g/mol. The molecular formula is C7H18Cl2Na2O6P2. The summed E-state index contributed by atoms with van der Waals surface area (Å²) >= 11 is 11.0. The summed E-state index contributed by atoms with van der Waals surface area (Å²) in [5.41, 5.74) is 0. The Hall–Kier alpha value is 2.88. The van der Waals surface area contributed by atoms with Gasteiger partial charge in [0.2, 0.25) is 0 Å². The molecule has 0 fully saturated rings. The van der Waals surface area contributed by atoms with E-state index in [1.807, 2.05) is 0 Å². The van der Waals surface area contributed by atoms with Crippen molar-refractivity contribution in [1.29, 1.82) is 0 Å². The topological polar surface area (TPSA) is 93.1 Å². The van der Waals surface area contributed by atoms with Crippen molar-refractivity contribution in [3.8, 4) is 0 Å². The van der Waals surface area contributed by atoms with Gasteiger partial charge in [-0.15, -0.1) is 0 Å². The van der Waals surface area contributed by atoms with Crippen molar-refractivity contribution in [2.75, 3.05) is 0 Å². The fourth-order valence-corrected chi connectivity index (χ4v) is 4.29. The van der Waals surface area contributed by atoms with Crippen molar-refractivity contribution in [2.45, 2.75) is 43.7 Å². The van der Waals surface area contributed by atoms with Gasteiger partial charge in [0.05, 0.1) is 12.2 Å². The van der Waals surface area contributed by atoms with E-state index in [0.717, 1.165) is 0 Å². The van der Waals surface area contributed by atoms with Crippen molar-refractivity contribution < 1.29 is 28.0 Å². The Morgan fingerprint density at radius 2 is 1.11 bits per heavy atom. The SMILES string of the molecule is CC(C)OP(=O)(O)C(Cl)(Cl)P(=O)(O)OC(C)C.[NaH].[NaH]. The molecule has 0 amide bonds. The minimum absolute atomic E-state index is 0. The summed E-state index contributed by atoms with van der Waals surface area (Å²) < 4.78 is 29.8.